The second-order valence-corrected chi connectivity index (χ2v) is 13.1. The van der Waals surface area contributed by atoms with E-state index in [0.29, 0.717) is 37.1 Å². The highest BCUT2D eigenvalue weighted by molar-refractivity contribution is 6.01. The van der Waals surface area contributed by atoms with E-state index < -0.39 is 0 Å². The minimum Gasteiger partial charge on any atom is -0.336 e. The quantitative estimate of drug-likeness (QED) is 0.350. The average molecular weight is 581 g/mol. The summed E-state index contributed by atoms with van der Waals surface area (Å²) in [5, 5.41) is 3.10. The van der Waals surface area contributed by atoms with Crippen LogP contribution in [0.1, 0.15) is 73.8 Å². The molecular weight excluding hydrogens is 536 g/mol. The highest BCUT2D eigenvalue weighted by Crippen LogP contribution is 2.43. The van der Waals surface area contributed by atoms with Crippen molar-refractivity contribution in [2.24, 2.45) is 5.92 Å². The fourth-order valence-electron chi connectivity index (χ4n) is 7.82. The van der Waals surface area contributed by atoms with Crippen LogP contribution in [0.5, 0.6) is 0 Å². The largest absolute Gasteiger partial charge is 0.336 e. The Kier molecular flexibility index (Phi) is 7.72. The number of hydrogen-bond acceptors (Lipinski definition) is 4. The van der Waals surface area contributed by atoms with Gasteiger partial charge in [-0.15, -0.1) is 0 Å². The number of benzene rings is 2. The second kappa shape index (κ2) is 11.8. The predicted octanol–water partition coefficient (Wildman–Crippen LogP) is 6.09. The zero-order chi connectivity index (χ0) is 29.5. The molecule has 7 rings (SSSR count). The molecular formula is C35H44N6O2. The van der Waals surface area contributed by atoms with Crippen LogP contribution in [0, 0.1) is 19.8 Å². The Labute approximate surface area is 255 Å². The summed E-state index contributed by atoms with van der Waals surface area (Å²) < 4.78 is 2.55. The number of imidazole rings is 1. The zero-order valence-corrected chi connectivity index (χ0v) is 25.5. The van der Waals surface area contributed by atoms with Crippen molar-refractivity contribution >= 4 is 23.3 Å². The van der Waals surface area contributed by atoms with Crippen molar-refractivity contribution in [2.45, 2.75) is 89.9 Å². The fourth-order valence-corrected chi connectivity index (χ4v) is 7.82. The molecule has 2 bridgehead atoms. The number of piperidine rings is 1. The number of anilines is 2. The summed E-state index contributed by atoms with van der Waals surface area (Å²) >= 11 is 0. The van der Waals surface area contributed by atoms with E-state index in [9.17, 15) is 9.59 Å². The predicted molar refractivity (Wildman–Crippen MR) is 169 cm³/mol. The van der Waals surface area contributed by atoms with Crippen LogP contribution in [-0.4, -0.2) is 63.0 Å². The van der Waals surface area contributed by atoms with Crippen molar-refractivity contribution in [2.75, 3.05) is 29.9 Å². The monoisotopic (exact) mass is 580 g/mol. The molecule has 1 saturated carbocycles. The van der Waals surface area contributed by atoms with Gasteiger partial charge < -0.3 is 14.8 Å². The van der Waals surface area contributed by atoms with Crippen molar-refractivity contribution < 1.29 is 9.59 Å². The van der Waals surface area contributed by atoms with E-state index in [2.05, 4.69) is 28.6 Å². The molecule has 3 fully saturated rings. The number of aryl methyl sites for hydroxylation is 2. The van der Waals surface area contributed by atoms with E-state index in [1.54, 1.807) is 0 Å². The van der Waals surface area contributed by atoms with E-state index in [4.69, 9.17) is 4.98 Å². The first-order chi connectivity index (χ1) is 20.9. The molecule has 4 aliphatic rings. The van der Waals surface area contributed by atoms with Crippen molar-refractivity contribution in [3.63, 3.8) is 0 Å². The number of urea groups is 1. The molecule has 3 aromatic rings. The molecule has 3 amide bonds. The van der Waals surface area contributed by atoms with Gasteiger partial charge in [0.05, 0.1) is 12.2 Å². The summed E-state index contributed by atoms with van der Waals surface area (Å²) in [6.07, 6.45) is 8.77. The van der Waals surface area contributed by atoms with Gasteiger partial charge in [-0.1, -0.05) is 35.9 Å². The lowest BCUT2D eigenvalue weighted by molar-refractivity contribution is -0.133. The molecule has 2 aromatic carbocycles. The first-order valence-corrected chi connectivity index (χ1v) is 16.3. The molecule has 43 heavy (non-hydrogen) atoms. The lowest BCUT2D eigenvalue weighted by atomic mass is 9.95. The maximum Gasteiger partial charge on any atom is 0.326 e. The highest BCUT2D eigenvalue weighted by atomic mass is 16.2. The number of nitrogens with one attached hydrogen (secondary N) is 1. The number of aromatic nitrogens is 2. The molecule has 1 unspecified atom stereocenters. The Morgan fingerprint density at radius 2 is 1.65 bits per heavy atom. The van der Waals surface area contributed by atoms with Gasteiger partial charge in [0.2, 0.25) is 5.91 Å². The zero-order valence-electron chi connectivity index (χ0n) is 25.5. The molecule has 8 heteroatoms. The average Bonchev–Trinajstić information content (AvgIpc) is 3.77. The molecule has 0 radical (unpaired) electrons. The van der Waals surface area contributed by atoms with E-state index in [0.717, 1.165) is 74.5 Å². The van der Waals surface area contributed by atoms with Crippen molar-refractivity contribution in [1.82, 2.24) is 19.4 Å². The van der Waals surface area contributed by atoms with Crippen LogP contribution in [0.2, 0.25) is 0 Å². The third-order valence-corrected chi connectivity index (χ3v) is 10.1. The topological polar surface area (TPSA) is 73.7 Å². The number of hydrogen-bond donors (Lipinski definition) is 1. The van der Waals surface area contributed by atoms with Gasteiger partial charge in [-0.3, -0.25) is 14.6 Å². The lowest BCUT2D eigenvalue weighted by Crippen LogP contribution is -2.45. The molecule has 1 aromatic heterocycles. The third-order valence-electron chi connectivity index (χ3n) is 10.1. The molecule has 3 atom stereocenters. The van der Waals surface area contributed by atoms with Crippen LogP contribution in [-0.2, 0) is 17.8 Å². The standard InChI is InChI=1S/C35H44N6O2/c1-24-9-13-27(14-10-24)37-35(43)40(28-7-4-3-5-8-28)19-6-18-39-29-15-16-30(39)22-31(21-29)41-25(2)36-32-23-38(20-17-33(32)41)34(42)26-11-12-26/h3-5,7-10,13-14,26,29-31H,6,11-12,15-23H2,1-2H3,(H,37,43)/t29-,30+,31?. The summed E-state index contributed by atoms with van der Waals surface area (Å²) in [5.41, 5.74) is 5.40. The Balaban J connectivity index is 0.986. The number of amides is 3. The second-order valence-electron chi connectivity index (χ2n) is 13.1. The lowest BCUT2D eigenvalue weighted by Gasteiger charge is -2.41. The number of carbonyl (C=O) groups is 2. The van der Waals surface area contributed by atoms with Gasteiger partial charge in [-0.05, 0) is 83.1 Å². The number of rotatable bonds is 8. The van der Waals surface area contributed by atoms with Gasteiger partial charge in [0.1, 0.15) is 5.82 Å². The van der Waals surface area contributed by atoms with Gasteiger partial charge in [0.25, 0.3) is 0 Å². The highest BCUT2D eigenvalue weighted by Gasteiger charge is 2.43. The number of fused-ring (bicyclic) bond motifs is 3. The summed E-state index contributed by atoms with van der Waals surface area (Å²) in [7, 11) is 0. The summed E-state index contributed by atoms with van der Waals surface area (Å²) in [4.78, 5) is 37.7. The Morgan fingerprint density at radius 1 is 0.930 bits per heavy atom. The molecule has 226 valence electrons. The minimum atomic E-state index is -0.0884. The van der Waals surface area contributed by atoms with Crippen LogP contribution in [0.15, 0.2) is 54.6 Å². The normalized spacial score (nSPS) is 23.2. The van der Waals surface area contributed by atoms with Crippen LogP contribution < -0.4 is 10.2 Å². The van der Waals surface area contributed by atoms with Crippen LogP contribution >= 0.6 is 0 Å². The van der Waals surface area contributed by atoms with Crippen LogP contribution in [0.4, 0.5) is 16.2 Å². The van der Waals surface area contributed by atoms with Crippen molar-refractivity contribution in [3.05, 3.63) is 77.4 Å². The molecule has 2 saturated heterocycles. The van der Waals surface area contributed by atoms with E-state index in [1.165, 1.54) is 24.1 Å². The maximum atomic E-state index is 13.4. The van der Waals surface area contributed by atoms with Gasteiger partial charge in [-0.25, -0.2) is 9.78 Å². The van der Waals surface area contributed by atoms with Gasteiger partial charge >= 0.3 is 6.03 Å². The van der Waals surface area contributed by atoms with Gasteiger partial charge in [-0.2, -0.15) is 0 Å². The fraction of sp³-hybridized carbons (Fsp3) is 0.514. The van der Waals surface area contributed by atoms with Gasteiger partial charge in [0.15, 0.2) is 0 Å². The number of carbonyl (C=O) groups excluding carboxylic acids is 2. The van der Waals surface area contributed by atoms with Crippen molar-refractivity contribution in [3.8, 4) is 0 Å². The SMILES string of the molecule is Cc1ccc(NC(=O)N(CCCN2[C@@H]3CC[C@H]2CC(n2c(C)nc4c2CCN(C(=O)C2CC2)C4)C3)c2ccccc2)cc1. The Bertz CT molecular complexity index is 1450. The van der Waals surface area contributed by atoms with Gasteiger partial charge in [0, 0.05) is 67.2 Å². The van der Waals surface area contributed by atoms with Crippen LogP contribution in [0.3, 0.4) is 0 Å². The van der Waals surface area contributed by atoms with Crippen LogP contribution in [0.25, 0.3) is 0 Å². The molecule has 8 nitrogen and oxygen atoms in total. The molecule has 3 aliphatic heterocycles. The summed E-state index contributed by atoms with van der Waals surface area (Å²) in [5.74, 6) is 1.72. The molecule has 0 spiro atoms. The van der Waals surface area contributed by atoms with E-state index >= 15 is 0 Å². The Hall–Kier alpha value is -3.65. The molecule has 4 heterocycles. The molecule has 1 aliphatic carbocycles. The summed E-state index contributed by atoms with van der Waals surface area (Å²) in [6.45, 7) is 7.38. The first-order valence-electron chi connectivity index (χ1n) is 16.3. The summed E-state index contributed by atoms with van der Waals surface area (Å²) in [6, 6.07) is 19.5. The van der Waals surface area contributed by atoms with E-state index in [1.807, 2.05) is 64.4 Å². The number of para-hydroxylation sites is 1. The maximum absolute atomic E-state index is 13.4. The van der Waals surface area contributed by atoms with Crippen molar-refractivity contribution in [1.29, 1.82) is 0 Å². The van der Waals surface area contributed by atoms with E-state index in [-0.39, 0.29) is 11.9 Å². The first kappa shape index (κ1) is 28.1. The smallest absolute Gasteiger partial charge is 0.326 e. The molecule has 1 N–H and O–H groups in total. The third kappa shape index (κ3) is 5.81. The number of nitrogens with zero attached hydrogens (tertiary/aromatic N) is 5. The Morgan fingerprint density at radius 3 is 2.35 bits per heavy atom. The minimum absolute atomic E-state index is 0.0884.